The molecule has 1 N–H and O–H groups in total. The van der Waals surface area contributed by atoms with E-state index >= 15 is 0 Å². The fourth-order valence-corrected chi connectivity index (χ4v) is 3.83. The quantitative estimate of drug-likeness (QED) is 0.738. The number of anilines is 1. The number of urea groups is 1. The number of carbonyl (C=O) groups is 1. The Morgan fingerprint density at radius 2 is 2.23 bits per heavy atom. The van der Waals surface area contributed by atoms with Gasteiger partial charge in [0.15, 0.2) is 0 Å². The van der Waals surface area contributed by atoms with Crippen molar-refractivity contribution in [3.8, 4) is 10.8 Å². The molecule has 7 heteroatoms. The lowest BCUT2D eigenvalue weighted by Gasteiger charge is -2.31. The van der Waals surface area contributed by atoms with Gasteiger partial charge in [0, 0.05) is 18.8 Å². The van der Waals surface area contributed by atoms with Crippen molar-refractivity contribution in [1.29, 1.82) is 0 Å². The molecule has 134 valence electrons. The molecule has 1 saturated heterocycles. The summed E-state index contributed by atoms with van der Waals surface area (Å²) in [6.45, 7) is 3.33. The standard InChI is InChI=1S/C19H20N4O2S/c1-13-5-2-7-15(11-13)20-19(24)23-9-3-6-14(12-23)17-21-22-18(25-17)16-8-4-10-26-16/h2,4-5,7-8,10-11,14H,3,6,9,12H2,1H3,(H,20,24)/t14-/m1/s1. The fourth-order valence-electron chi connectivity index (χ4n) is 3.19. The normalized spacial score (nSPS) is 17.3. The van der Waals surface area contributed by atoms with E-state index in [1.807, 2.05) is 53.6 Å². The number of aromatic nitrogens is 2. The van der Waals surface area contributed by atoms with E-state index in [0.717, 1.165) is 35.5 Å². The Balaban J connectivity index is 1.43. The van der Waals surface area contributed by atoms with Crippen molar-refractivity contribution < 1.29 is 9.21 Å². The van der Waals surface area contributed by atoms with Crippen molar-refractivity contribution in [2.75, 3.05) is 18.4 Å². The van der Waals surface area contributed by atoms with E-state index in [0.29, 0.717) is 18.3 Å². The summed E-state index contributed by atoms with van der Waals surface area (Å²) in [4.78, 5) is 15.4. The molecule has 6 nitrogen and oxygen atoms in total. The van der Waals surface area contributed by atoms with E-state index in [1.165, 1.54) is 0 Å². The third-order valence-electron chi connectivity index (χ3n) is 4.50. The van der Waals surface area contributed by atoms with Gasteiger partial charge in [0.1, 0.15) is 0 Å². The molecule has 1 aliphatic heterocycles. The van der Waals surface area contributed by atoms with Crippen LogP contribution < -0.4 is 5.32 Å². The molecule has 3 heterocycles. The van der Waals surface area contributed by atoms with Crippen LogP contribution in [0.3, 0.4) is 0 Å². The molecule has 2 aromatic heterocycles. The predicted octanol–water partition coefficient (Wildman–Crippen LogP) is 4.52. The van der Waals surface area contributed by atoms with Crippen LogP contribution in [-0.2, 0) is 0 Å². The molecule has 0 bridgehead atoms. The molecule has 4 rings (SSSR count). The highest BCUT2D eigenvalue weighted by molar-refractivity contribution is 7.13. The number of piperidine rings is 1. The Bertz CT molecular complexity index is 891. The van der Waals surface area contributed by atoms with Gasteiger partial charge in [-0.15, -0.1) is 21.5 Å². The molecule has 0 unspecified atom stereocenters. The third-order valence-corrected chi connectivity index (χ3v) is 5.36. The molecule has 0 saturated carbocycles. The van der Waals surface area contributed by atoms with E-state index in [4.69, 9.17) is 4.42 Å². The smallest absolute Gasteiger partial charge is 0.321 e. The Morgan fingerprint density at radius 1 is 1.31 bits per heavy atom. The first kappa shape index (κ1) is 16.8. The van der Waals surface area contributed by atoms with E-state index < -0.39 is 0 Å². The minimum absolute atomic E-state index is 0.0771. The monoisotopic (exact) mass is 368 g/mol. The van der Waals surface area contributed by atoms with Crippen molar-refractivity contribution in [3.05, 3.63) is 53.2 Å². The van der Waals surface area contributed by atoms with Crippen molar-refractivity contribution in [1.82, 2.24) is 15.1 Å². The van der Waals surface area contributed by atoms with Crippen molar-refractivity contribution >= 4 is 23.1 Å². The van der Waals surface area contributed by atoms with Gasteiger partial charge < -0.3 is 14.6 Å². The lowest BCUT2D eigenvalue weighted by molar-refractivity contribution is 0.187. The summed E-state index contributed by atoms with van der Waals surface area (Å²) < 4.78 is 5.86. The van der Waals surface area contributed by atoms with Crippen LogP contribution in [0.5, 0.6) is 0 Å². The zero-order valence-corrected chi connectivity index (χ0v) is 15.3. The molecule has 2 amide bonds. The van der Waals surface area contributed by atoms with Crippen molar-refractivity contribution in [2.24, 2.45) is 0 Å². The average molecular weight is 368 g/mol. The Labute approximate surface area is 155 Å². The molecular weight excluding hydrogens is 348 g/mol. The Kier molecular flexibility index (Phi) is 4.71. The number of carbonyl (C=O) groups excluding carboxylic acids is 1. The number of thiophene rings is 1. The van der Waals surface area contributed by atoms with Crippen LogP contribution in [-0.4, -0.2) is 34.2 Å². The number of rotatable bonds is 3. The summed E-state index contributed by atoms with van der Waals surface area (Å²) in [5.41, 5.74) is 1.93. The summed E-state index contributed by atoms with van der Waals surface area (Å²) >= 11 is 1.57. The summed E-state index contributed by atoms with van der Waals surface area (Å²) in [7, 11) is 0. The molecule has 1 atom stereocenters. The van der Waals surface area contributed by atoms with Gasteiger partial charge in [-0.3, -0.25) is 0 Å². The van der Waals surface area contributed by atoms with Crippen LogP contribution in [0.2, 0.25) is 0 Å². The van der Waals surface area contributed by atoms with E-state index in [9.17, 15) is 4.79 Å². The number of hydrogen-bond acceptors (Lipinski definition) is 5. The van der Waals surface area contributed by atoms with E-state index in [2.05, 4.69) is 15.5 Å². The number of aryl methyl sites for hydroxylation is 1. The first-order chi connectivity index (χ1) is 12.7. The first-order valence-electron chi connectivity index (χ1n) is 8.69. The van der Waals surface area contributed by atoms with Crippen molar-refractivity contribution in [2.45, 2.75) is 25.7 Å². The number of nitrogens with zero attached hydrogens (tertiary/aromatic N) is 3. The second-order valence-electron chi connectivity index (χ2n) is 6.51. The molecular formula is C19H20N4O2S. The lowest BCUT2D eigenvalue weighted by atomic mass is 9.98. The first-order valence-corrected chi connectivity index (χ1v) is 9.57. The Morgan fingerprint density at radius 3 is 3.04 bits per heavy atom. The van der Waals surface area contributed by atoms with Crippen LogP contribution in [0, 0.1) is 6.92 Å². The third kappa shape index (κ3) is 3.62. The maximum atomic E-state index is 12.6. The number of nitrogens with one attached hydrogen (secondary N) is 1. The van der Waals surface area contributed by atoms with E-state index in [-0.39, 0.29) is 11.9 Å². The Hall–Kier alpha value is -2.67. The molecule has 0 spiro atoms. The maximum absolute atomic E-state index is 12.6. The zero-order chi connectivity index (χ0) is 17.9. The van der Waals surface area contributed by atoms with E-state index in [1.54, 1.807) is 11.3 Å². The van der Waals surface area contributed by atoms with Crippen LogP contribution >= 0.6 is 11.3 Å². The number of amides is 2. The molecule has 1 fully saturated rings. The second kappa shape index (κ2) is 7.29. The fraction of sp³-hybridized carbons (Fsp3) is 0.316. The lowest BCUT2D eigenvalue weighted by Crippen LogP contribution is -2.41. The highest BCUT2D eigenvalue weighted by atomic mass is 32.1. The molecule has 3 aromatic rings. The zero-order valence-electron chi connectivity index (χ0n) is 14.5. The molecule has 0 radical (unpaired) electrons. The van der Waals surface area contributed by atoms with Gasteiger partial charge in [-0.05, 0) is 48.9 Å². The number of likely N-dealkylation sites (tertiary alicyclic amines) is 1. The highest BCUT2D eigenvalue weighted by Gasteiger charge is 2.28. The van der Waals surface area contributed by atoms with Gasteiger partial charge in [0.05, 0.1) is 10.8 Å². The minimum atomic E-state index is -0.0849. The van der Waals surface area contributed by atoms with Crippen LogP contribution in [0.4, 0.5) is 10.5 Å². The average Bonchev–Trinajstić information content (AvgIpc) is 3.33. The predicted molar refractivity (Wildman–Crippen MR) is 101 cm³/mol. The van der Waals surface area contributed by atoms with Crippen molar-refractivity contribution in [3.63, 3.8) is 0 Å². The van der Waals surface area contributed by atoms with Crippen LogP contribution in [0.25, 0.3) is 10.8 Å². The molecule has 1 aromatic carbocycles. The van der Waals surface area contributed by atoms with Gasteiger partial charge in [-0.1, -0.05) is 18.2 Å². The van der Waals surface area contributed by atoms with Gasteiger partial charge >= 0.3 is 6.03 Å². The molecule has 0 aliphatic carbocycles. The SMILES string of the molecule is Cc1cccc(NC(=O)N2CCC[C@@H](c3nnc(-c4cccs4)o3)C2)c1. The van der Waals surface area contributed by atoms with Gasteiger partial charge in [0.25, 0.3) is 5.89 Å². The molecule has 26 heavy (non-hydrogen) atoms. The van der Waals surface area contributed by atoms with Gasteiger partial charge in [0.2, 0.25) is 5.89 Å². The molecule has 1 aliphatic rings. The summed E-state index contributed by atoms with van der Waals surface area (Å²) in [6, 6.07) is 11.6. The number of benzene rings is 1. The summed E-state index contributed by atoms with van der Waals surface area (Å²) in [5, 5.41) is 13.3. The van der Waals surface area contributed by atoms with Crippen LogP contribution in [0.1, 0.15) is 30.2 Å². The summed E-state index contributed by atoms with van der Waals surface area (Å²) in [6.07, 6.45) is 1.86. The minimum Gasteiger partial charge on any atom is -0.420 e. The topological polar surface area (TPSA) is 71.3 Å². The maximum Gasteiger partial charge on any atom is 0.321 e. The second-order valence-corrected chi connectivity index (χ2v) is 7.46. The van der Waals surface area contributed by atoms with Crippen LogP contribution in [0.15, 0.2) is 46.2 Å². The van der Waals surface area contributed by atoms with Gasteiger partial charge in [-0.25, -0.2) is 4.79 Å². The number of hydrogen-bond donors (Lipinski definition) is 1. The summed E-state index contributed by atoms with van der Waals surface area (Å²) in [5.74, 6) is 1.24. The highest BCUT2D eigenvalue weighted by Crippen LogP contribution is 2.30. The van der Waals surface area contributed by atoms with Gasteiger partial charge in [-0.2, -0.15) is 0 Å². The largest absolute Gasteiger partial charge is 0.420 e.